The molecule has 0 atom stereocenters. The summed E-state index contributed by atoms with van der Waals surface area (Å²) in [5.74, 6) is -1.16. The maximum absolute atomic E-state index is 11.7. The molecule has 20 heavy (non-hydrogen) atoms. The normalized spacial score (nSPS) is 9.75. The first-order chi connectivity index (χ1) is 9.36. The number of esters is 1. The zero-order valence-corrected chi connectivity index (χ0v) is 11.3. The van der Waals surface area contributed by atoms with Gasteiger partial charge in [0, 0.05) is 20.2 Å². The average Bonchev–Trinajstić information content (AvgIpc) is 2.43. The van der Waals surface area contributed by atoms with Gasteiger partial charge in [-0.3, -0.25) is 14.9 Å². The Morgan fingerprint density at radius 1 is 1.35 bits per heavy atom. The van der Waals surface area contributed by atoms with Crippen molar-refractivity contribution in [2.45, 2.75) is 0 Å². The van der Waals surface area contributed by atoms with Crippen LogP contribution >= 0.6 is 0 Å². The predicted octanol–water partition coefficient (Wildman–Crippen LogP) is 0.848. The summed E-state index contributed by atoms with van der Waals surface area (Å²) in [6, 6.07) is 3.66. The Morgan fingerprint density at radius 3 is 2.50 bits per heavy atom. The Morgan fingerprint density at radius 2 is 2.00 bits per heavy atom. The summed E-state index contributed by atoms with van der Waals surface area (Å²) in [4.78, 5) is 34.4. The summed E-state index contributed by atoms with van der Waals surface area (Å²) in [6.07, 6.45) is 0. The number of nitrogens with zero attached hydrogens (tertiary/aromatic N) is 2. The second-order valence-corrected chi connectivity index (χ2v) is 4.01. The van der Waals surface area contributed by atoms with Crippen LogP contribution in [0.5, 0.6) is 5.75 Å². The van der Waals surface area contributed by atoms with Gasteiger partial charge in [0.2, 0.25) is 0 Å². The molecule has 108 valence electrons. The molecule has 0 saturated heterocycles. The van der Waals surface area contributed by atoms with E-state index >= 15 is 0 Å². The van der Waals surface area contributed by atoms with Crippen LogP contribution in [0.25, 0.3) is 0 Å². The molecule has 0 N–H and O–H groups in total. The van der Waals surface area contributed by atoms with Gasteiger partial charge in [-0.1, -0.05) is 0 Å². The Kier molecular flexibility index (Phi) is 5.01. The van der Waals surface area contributed by atoms with Crippen LogP contribution < -0.4 is 4.74 Å². The third kappa shape index (κ3) is 3.67. The maximum Gasteiger partial charge on any atom is 0.338 e. The summed E-state index contributed by atoms with van der Waals surface area (Å²) in [5.41, 5.74) is -0.370. The van der Waals surface area contributed by atoms with E-state index in [2.05, 4.69) is 0 Å². The minimum atomic E-state index is -0.814. The number of carbonyl (C=O) groups excluding carboxylic acids is 2. The van der Waals surface area contributed by atoms with Crippen molar-refractivity contribution in [2.75, 3.05) is 27.8 Å². The molecule has 1 rings (SSSR count). The molecule has 8 nitrogen and oxygen atoms in total. The third-order valence-corrected chi connectivity index (χ3v) is 2.44. The third-order valence-electron chi connectivity index (χ3n) is 2.44. The molecule has 0 aliphatic heterocycles. The number of benzene rings is 1. The Hall–Kier alpha value is -2.64. The fourth-order valence-electron chi connectivity index (χ4n) is 1.30. The first-order valence-electron chi connectivity index (χ1n) is 5.56. The van der Waals surface area contributed by atoms with Crippen molar-refractivity contribution in [3.8, 4) is 5.75 Å². The van der Waals surface area contributed by atoms with Crippen LogP contribution in [0.15, 0.2) is 18.2 Å². The first-order valence-corrected chi connectivity index (χ1v) is 5.56. The zero-order chi connectivity index (χ0) is 15.3. The lowest BCUT2D eigenvalue weighted by atomic mass is 10.2. The lowest BCUT2D eigenvalue weighted by Gasteiger charge is -2.10. The Balaban J connectivity index is 2.86. The number of carbonyl (C=O) groups is 2. The van der Waals surface area contributed by atoms with Crippen molar-refractivity contribution in [1.82, 2.24) is 4.90 Å². The van der Waals surface area contributed by atoms with Crippen LogP contribution in [-0.4, -0.2) is 49.5 Å². The molecule has 8 heteroatoms. The van der Waals surface area contributed by atoms with Crippen LogP contribution in [0.1, 0.15) is 10.4 Å². The van der Waals surface area contributed by atoms with E-state index in [1.54, 1.807) is 0 Å². The van der Waals surface area contributed by atoms with E-state index in [1.807, 2.05) is 0 Å². The van der Waals surface area contributed by atoms with E-state index < -0.39 is 17.5 Å². The number of nitro groups is 1. The van der Waals surface area contributed by atoms with Crippen molar-refractivity contribution in [3.63, 3.8) is 0 Å². The fraction of sp³-hybridized carbons (Fsp3) is 0.333. The molecule has 1 amide bonds. The molecule has 1 aromatic carbocycles. The van der Waals surface area contributed by atoms with Crippen LogP contribution in [0, 0.1) is 10.1 Å². The van der Waals surface area contributed by atoms with Gasteiger partial charge in [-0.2, -0.15) is 0 Å². The number of methoxy groups -OCH3 is 1. The number of hydrogen-bond acceptors (Lipinski definition) is 6. The zero-order valence-electron chi connectivity index (χ0n) is 11.3. The van der Waals surface area contributed by atoms with E-state index in [0.29, 0.717) is 0 Å². The van der Waals surface area contributed by atoms with Crippen molar-refractivity contribution < 1.29 is 24.0 Å². The van der Waals surface area contributed by atoms with Gasteiger partial charge in [0.15, 0.2) is 12.4 Å². The minimum absolute atomic E-state index is 0.0240. The number of likely N-dealkylation sites (N-methyl/N-ethyl adjacent to an activating group) is 1. The molecule has 0 spiro atoms. The topological polar surface area (TPSA) is 99.0 Å². The molecule has 0 aliphatic rings. The lowest BCUT2D eigenvalue weighted by Crippen LogP contribution is -2.27. The fourth-order valence-corrected chi connectivity index (χ4v) is 1.30. The van der Waals surface area contributed by atoms with E-state index in [9.17, 15) is 19.7 Å². The molecule has 0 fully saturated rings. The minimum Gasteiger partial charge on any atom is -0.490 e. The number of rotatable bonds is 5. The number of nitro benzene ring substituents is 1. The van der Waals surface area contributed by atoms with Crippen molar-refractivity contribution in [3.05, 3.63) is 33.9 Å². The highest BCUT2D eigenvalue weighted by molar-refractivity contribution is 5.92. The van der Waals surface area contributed by atoms with E-state index in [-0.39, 0.29) is 22.9 Å². The predicted molar refractivity (Wildman–Crippen MR) is 68.6 cm³/mol. The van der Waals surface area contributed by atoms with Gasteiger partial charge in [-0.05, 0) is 12.1 Å². The number of ether oxygens (including phenoxy) is 2. The summed E-state index contributed by atoms with van der Waals surface area (Å²) < 4.78 is 9.58. The molecule has 0 saturated carbocycles. The van der Waals surface area contributed by atoms with Gasteiger partial charge >= 0.3 is 11.7 Å². The summed E-state index contributed by atoms with van der Waals surface area (Å²) in [6.45, 7) is -0.425. The van der Waals surface area contributed by atoms with E-state index in [4.69, 9.17) is 9.47 Å². The first kappa shape index (κ1) is 15.4. The Labute approximate surface area is 115 Å². The highest BCUT2D eigenvalue weighted by Gasteiger charge is 2.19. The van der Waals surface area contributed by atoms with Crippen molar-refractivity contribution in [2.24, 2.45) is 0 Å². The molecule has 0 aliphatic carbocycles. The van der Waals surface area contributed by atoms with Crippen LogP contribution in [0.2, 0.25) is 0 Å². The van der Waals surface area contributed by atoms with Gasteiger partial charge in [-0.15, -0.1) is 0 Å². The van der Waals surface area contributed by atoms with Gasteiger partial charge in [0.25, 0.3) is 5.91 Å². The standard InChI is InChI=1S/C12H14N2O6/c1-13(2)11(15)7-20-12(16)8-4-5-10(19-3)9(6-8)14(17)18/h4-6H,7H2,1-3H3. The van der Waals surface area contributed by atoms with E-state index in [1.165, 1.54) is 38.2 Å². The molecular weight excluding hydrogens is 268 g/mol. The van der Waals surface area contributed by atoms with Crippen LogP contribution in [0.4, 0.5) is 5.69 Å². The van der Waals surface area contributed by atoms with Gasteiger partial charge < -0.3 is 14.4 Å². The number of amides is 1. The smallest absolute Gasteiger partial charge is 0.338 e. The van der Waals surface area contributed by atoms with E-state index in [0.717, 1.165) is 6.07 Å². The molecule has 0 unspecified atom stereocenters. The van der Waals surface area contributed by atoms with Gasteiger partial charge in [0.1, 0.15) is 0 Å². The molecule has 0 bridgehead atoms. The second-order valence-electron chi connectivity index (χ2n) is 4.01. The maximum atomic E-state index is 11.7. The average molecular weight is 282 g/mol. The van der Waals surface area contributed by atoms with Crippen molar-refractivity contribution in [1.29, 1.82) is 0 Å². The van der Waals surface area contributed by atoms with Gasteiger partial charge in [0.05, 0.1) is 17.6 Å². The van der Waals surface area contributed by atoms with Crippen LogP contribution in [0.3, 0.4) is 0 Å². The SMILES string of the molecule is COc1ccc(C(=O)OCC(=O)N(C)C)cc1[N+](=O)[O-]. The second kappa shape index (κ2) is 6.50. The largest absolute Gasteiger partial charge is 0.490 e. The molecule has 0 heterocycles. The molecule has 1 aromatic rings. The molecule has 0 radical (unpaired) electrons. The highest BCUT2D eigenvalue weighted by Crippen LogP contribution is 2.27. The van der Waals surface area contributed by atoms with Crippen molar-refractivity contribution >= 4 is 17.6 Å². The highest BCUT2D eigenvalue weighted by atomic mass is 16.6. The van der Waals surface area contributed by atoms with Gasteiger partial charge in [-0.25, -0.2) is 4.79 Å². The Bertz CT molecular complexity index is 541. The molecule has 0 aromatic heterocycles. The molecular formula is C12H14N2O6. The monoisotopic (exact) mass is 282 g/mol. The quantitative estimate of drug-likeness (QED) is 0.451. The summed E-state index contributed by atoms with van der Waals surface area (Å²) in [5, 5.41) is 10.8. The van der Waals surface area contributed by atoms with Crippen LogP contribution in [-0.2, 0) is 9.53 Å². The summed E-state index contributed by atoms with van der Waals surface area (Å²) >= 11 is 0. The summed E-state index contributed by atoms with van der Waals surface area (Å²) in [7, 11) is 4.33. The number of hydrogen-bond donors (Lipinski definition) is 0. The lowest BCUT2D eigenvalue weighted by molar-refractivity contribution is -0.385.